The van der Waals surface area contributed by atoms with Crippen molar-refractivity contribution < 1.29 is 9.47 Å². The van der Waals surface area contributed by atoms with Crippen LogP contribution in [0.1, 0.15) is 0 Å². The molecular weight excluding hydrogens is 254 g/mol. The van der Waals surface area contributed by atoms with Crippen molar-refractivity contribution in [3.63, 3.8) is 0 Å². The van der Waals surface area contributed by atoms with Crippen LogP contribution in [-0.4, -0.2) is 16.8 Å². The average molecular weight is 265 g/mol. The van der Waals surface area contributed by atoms with Crippen LogP contribution in [0.2, 0.25) is 0 Å². The van der Waals surface area contributed by atoms with E-state index in [2.05, 4.69) is 9.97 Å². The van der Waals surface area contributed by atoms with E-state index >= 15 is 0 Å². The molecule has 0 amide bonds. The van der Waals surface area contributed by atoms with E-state index in [0.29, 0.717) is 5.69 Å². The van der Waals surface area contributed by atoms with Crippen molar-refractivity contribution in [2.45, 2.75) is 0 Å². The van der Waals surface area contributed by atoms with Gasteiger partial charge in [0.15, 0.2) is 11.5 Å². The van der Waals surface area contributed by atoms with Crippen molar-refractivity contribution in [1.82, 2.24) is 9.97 Å². The van der Waals surface area contributed by atoms with E-state index in [-0.39, 0.29) is 6.79 Å². The van der Waals surface area contributed by atoms with Gasteiger partial charge in [0.25, 0.3) is 0 Å². The zero-order valence-corrected chi connectivity index (χ0v) is 10.5. The Balaban J connectivity index is 1.90. The molecule has 1 aliphatic rings. The number of hydrogen-bond donors (Lipinski definition) is 1. The van der Waals surface area contributed by atoms with Gasteiger partial charge in [-0.2, -0.15) is 0 Å². The van der Waals surface area contributed by atoms with Crippen molar-refractivity contribution in [1.29, 1.82) is 0 Å². The third-order valence-electron chi connectivity index (χ3n) is 3.31. The molecule has 1 aromatic carbocycles. The van der Waals surface area contributed by atoms with Crippen molar-refractivity contribution in [2.75, 3.05) is 12.5 Å². The first-order valence-electron chi connectivity index (χ1n) is 6.21. The minimum absolute atomic E-state index is 0.260. The first-order chi connectivity index (χ1) is 9.81. The molecule has 0 unspecified atom stereocenters. The molecule has 0 fully saturated rings. The fraction of sp³-hybridized carbons (Fsp3) is 0.0667. The number of fused-ring (bicyclic) bond motifs is 2. The highest BCUT2D eigenvalue weighted by Gasteiger charge is 2.15. The highest BCUT2D eigenvalue weighted by atomic mass is 16.7. The van der Waals surface area contributed by atoms with Gasteiger partial charge in [-0.25, -0.2) is 4.98 Å². The molecule has 0 saturated heterocycles. The lowest BCUT2D eigenvalue weighted by Gasteiger charge is -2.07. The molecule has 5 heteroatoms. The zero-order chi connectivity index (χ0) is 13.5. The number of anilines is 1. The number of rotatable bonds is 1. The summed E-state index contributed by atoms with van der Waals surface area (Å²) < 4.78 is 10.7. The largest absolute Gasteiger partial charge is 0.454 e. The Morgan fingerprint density at radius 3 is 2.90 bits per heavy atom. The molecule has 0 atom stereocenters. The Hall–Kier alpha value is -2.82. The quantitative estimate of drug-likeness (QED) is 0.732. The van der Waals surface area contributed by atoms with E-state index in [0.717, 1.165) is 33.7 Å². The second kappa shape index (κ2) is 4.09. The molecule has 4 rings (SSSR count). The van der Waals surface area contributed by atoms with Crippen LogP contribution in [0.4, 0.5) is 5.69 Å². The van der Waals surface area contributed by atoms with Gasteiger partial charge in [-0.05, 0) is 30.3 Å². The molecular formula is C15H11N3O2. The van der Waals surface area contributed by atoms with Crippen LogP contribution in [0.25, 0.3) is 22.2 Å². The van der Waals surface area contributed by atoms with E-state index < -0.39 is 0 Å². The molecule has 0 saturated carbocycles. The minimum atomic E-state index is 0.260. The van der Waals surface area contributed by atoms with Gasteiger partial charge in [-0.15, -0.1) is 0 Å². The Labute approximate surface area is 115 Å². The first kappa shape index (κ1) is 11.0. The van der Waals surface area contributed by atoms with Crippen molar-refractivity contribution in [2.24, 2.45) is 0 Å². The lowest BCUT2D eigenvalue weighted by Crippen LogP contribution is -1.93. The van der Waals surface area contributed by atoms with E-state index in [9.17, 15) is 0 Å². The monoisotopic (exact) mass is 265 g/mol. The van der Waals surface area contributed by atoms with Gasteiger partial charge in [-0.1, -0.05) is 0 Å². The maximum absolute atomic E-state index is 6.08. The molecule has 2 N–H and O–H groups in total. The zero-order valence-electron chi connectivity index (χ0n) is 10.5. The SMILES string of the molecule is Nc1cc(-c2ccc3c(c2)OCO3)nc2cnccc12. The van der Waals surface area contributed by atoms with Crippen LogP contribution in [0, 0.1) is 0 Å². The van der Waals surface area contributed by atoms with E-state index in [1.54, 1.807) is 12.4 Å². The predicted molar refractivity (Wildman–Crippen MR) is 75.5 cm³/mol. The second-order valence-electron chi connectivity index (χ2n) is 4.56. The van der Waals surface area contributed by atoms with Crippen LogP contribution in [-0.2, 0) is 0 Å². The molecule has 98 valence electrons. The Morgan fingerprint density at radius 1 is 1.05 bits per heavy atom. The molecule has 3 heterocycles. The number of aromatic nitrogens is 2. The molecule has 2 aromatic heterocycles. The van der Waals surface area contributed by atoms with Crippen molar-refractivity contribution in [3.8, 4) is 22.8 Å². The second-order valence-corrected chi connectivity index (χ2v) is 4.56. The number of pyridine rings is 2. The van der Waals surface area contributed by atoms with Gasteiger partial charge in [0, 0.05) is 22.8 Å². The Bertz CT molecular complexity index is 817. The van der Waals surface area contributed by atoms with Gasteiger partial charge < -0.3 is 15.2 Å². The third-order valence-corrected chi connectivity index (χ3v) is 3.31. The van der Waals surface area contributed by atoms with Crippen LogP contribution in [0.15, 0.2) is 42.7 Å². The van der Waals surface area contributed by atoms with E-state index in [1.165, 1.54) is 0 Å². The molecule has 0 aliphatic carbocycles. The molecule has 1 aliphatic heterocycles. The summed E-state index contributed by atoms with van der Waals surface area (Å²) in [5.74, 6) is 1.48. The fourth-order valence-corrected chi connectivity index (χ4v) is 2.31. The number of benzene rings is 1. The average Bonchev–Trinajstić information content (AvgIpc) is 2.94. The summed E-state index contributed by atoms with van der Waals surface area (Å²) in [4.78, 5) is 8.68. The van der Waals surface area contributed by atoms with Gasteiger partial charge in [0.1, 0.15) is 0 Å². The number of nitrogens with two attached hydrogens (primary N) is 1. The normalized spacial score (nSPS) is 12.8. The number of hydrogen-bond acceptors (Lipinski definition) is 5. The topological polar surface area (TPSA) is 70.3 Å². The predicted octanol–water partition coefficient (Wildman–Crippen LogP) is 2.61. The van der Waals surface area contributed by atoms with Gasteiger partial charge in [0.05, 0.1) is 17.4 Å². The molecule has 0 bridgehead atoms. The maximum Gasteiger partial charge on any atom is 0.231 e. The fourth-order valence-electron chi connectivity index (χ4n) is 2.31. The number of nitrogen functional groups attached to an aromatic ring is 1. The van der Waals surface area contributed by atoms with Gasteiger partial charge in [0.2, 0.25) is 6.79 Å². The molecule has 5 nitrogen and oxygen atoms in total. The Kier molecular flexibility index (Phi) is 2.26. The molecule has 0 spiro atoms. The highest BCUT2D eigenvalue weighted by molar-refractivity contribution is 5.92. The number of nitrogens with zero attached hydrogens (tertiary/aromatic N) is 2. The van der Waals surface area contributed by atoms with Crippen LogP contribution >= 0.6 is 0 Å². The Morgan fingerprint density at radius 2 is 1.95 bits per heavy atom. The first-order valence-corrected chi connectivity index (χ1v) is 6.21. The maximum atomic E-state index is 6.08. The lowest BCUT2D eigenvalue weighted by atomic mass is 10.1. The number of ether oxygens (including phenoxy) is 2. The minimum Gasteiger partial charge on any atom is -0.454 e. The van der Waals surface area contributed by atoms with Gasteiger partial charge in [-0.3, -0.25) is 4.98 Å². The van der Waals surface area contributed by atoms with Crippen LogP contribution in [0.3, 0.4) is 0 Å². The summed E-state index contributed by atoms with van der Waals surface area (Å²) in [5, 5.41) is 0.907. The van der Waals surface area contributed by atoms with Crippen LogP contribution in [0.5, 0.6) is 11.5 Å². The standard InChI is InChI=1S/C15H11N3O2/c16-11-6-12(18-13-7-17-4-3-10(11)13)9-1-2-14-15(5-9)20-8-19-14/h1-7H,8H2,(H2,16,18). The van der Waals surface area contributed by atoms with E-state index in [4.69, 9.17) is 15.2 Å². The molecule has 20 heavy (non-hydrogen) atoms. The van der Waals surface area contributed by atoms with Crippen molar-refractivity contribution >= 4 is 16.6 Å². The molecule has 3 aromatic rings. The van der Waals surface area contributed by atoms with Crippen molar-refractivity contribution in [3.05, 3.63) is 42.7 Å². The van der Waals surface area contributed by atoms with Crippen LogP contribution < -0.4 is 15.2 Å². The summed E-state index contributed by atoms with van der Waals surface area (Å²) in [7, 11) is 0. The smallest absolute Gasteiger partial charge is 0.231 e. The summed E-state index contributed by atoms with van der Waals surface area (Å²) >= 11 is 0. The molecule has 0 radical (unpaired) electrons. The van der Waals surface area contributed by atoms with Gasteiger partial charge >= 0.3 is 0 Å². The lowest BCUT2D eigenvalue weighted by molar-refractivity contribution is 0.174. The van der Waals surface area contributed by atoms with E-state index in [1.807, 2.05) is 30.3 Å². The summed E-state index contributed by atoms with van der Waals surface area (Å²) in [6.45, 7) is 0.260. The summed E-state index contributed by atoms with van der Waals surface area (Å²) in [5.41, 5.74) is 9.28. The summed E-state index contributed by atoms with van der Waals surface area (Å²) in [6, 6.07) is 9.45. The summed E-state index contributed by atoms with van der Waals surface area (Å²) in [6.07, 6.45) is 3.42. The third kappa shape index (κ3) is 1.64. The highest BCUT2D eigenvalue weighted by Crippen LogP contribution is 2.36.